The zero-order valence-corrected chi connectivity index (χ0v) is 17.3. The first kappa shape index (κ1) is 19.5. The van der Waals surface area contributed by atoms with E-state index in [-0.39, 0.29) is 11.9 Å². The Morgan fingerprint density at radius 3 is 2.79 bits per heavy atom. The molecule has 1 amide bonds. The van der Waals surface area contributed by atoms with Crippen LogP contribution in [-0.4, -0.2) is 34.4 Å². The van der Waals surface area contributed by atoms with Crippen LogP contribution < -0.4 is 5.32 Å². The quantitative estimate of drug-likeness (QED) is 0.669. The number of para-hydroxylation sites is 1. The minimum Gasteiger partial charge on any atom is -0.357 e. The highest BCUT2D eigenvalue weighted by atomic mass is 16.2. The number of H-pyrrole nitrogens is 1. The molecule has 0 unspecified atom stereocenters. The lowest BCUT2D eigenvalue weighted by atomic mass is 9.93. The number of aromatic amines is 1. The van der Waals surface area contributed by atoms with Crippen molar-refractivity contribution >= 4 is 16.8 Å². The van der Waals surface area contributed by atoms with Crippen LogP contribution in [-0.2, 0) is 17.8 Å². The molecule has 0 spiro atoms. The molecule has 2 N–H and O–H groups in total. The molecule has 0 bridgehead atoms. The van der Waals surface area contributed by atoms with Crippen LogP contribution in [0.25, 0.3) is 10.9 Å². The zero-order valence-electron chi connectivity index (χ0n) is 17.3. The van der Waals surface area contributed by atoms with Crippen molar-refractivity contribution < 1.29 is 4.79 Å². The second-order valence-electron chi connectivity index (χ2n) is 8.72. The minimum atomic E-state index is -0.0322. The van der Waals surface area contributed by atoms with Gasteiger partial charge < -0.3 is 10.3 Å². The van der Waals surface area contributed by atoms with Gasteiger partial charge in [-0.1, -0.05) is 63.6 Å². The van der Waals surface area contributed by atoms with Crippen LogP contribution in [0, 0.1) is 0 Å². The third kappa shape index (κ3) is 4.27. The highest BCUT2D eigenvalue weighted by Crippen LogP contribution is 2.31. The molecule has 1 saturated carbocycles. The number of nitrogens with zero attached hydrogens (tertiary/aromatic N) is 1. The molecule has 4 nitrogen and oxygen atoms in total. The Hall–Kier alpha value is -1.81. The van der Waals surface area contributed by atoms with E-state index in [4.69, 9.17) is 0 Å². The molecule has 4 heteroatoms. The Balaban J connectivity index is 1.52. The molecule has 28 heavy (non-hydrogen) atoms. The van der Waals surface area contributed by atoms with Crippen LogP contribution in [0.5, 0.6) is 0 Å². The molecule has 2 heterocycles. The van der Waals surface area contributed by atoms with Crippen molar-refractivity contribution in [2.45, 2.75) is 89.8 Å². The third-order valence-corrected chi connectivity index (χ3v) is 6.65. The minimum absolute atomic E-state index is 0.0322. The SMILES string of the molecule is CCCCCCN1Cc2[nH]c3ccccc3c2C[C@@H]1C(=O)NC1CCCCC1. The van der Waals surface area contributed by atoms with E-state index in [0.717, 1.165) is 32.4 Å². The van der Waals surface area contributed by atoms with Gasteiger partial charge >= 0.3 is 0 Å². The molecule has 1 atom stereocenters. The van der Waals surface area contributed by atoms with Crippen molar-refractivity contribution in [1.29, 1.82) is 0 Å². The molecule has 152 valence electrons. The van der Waals surface area contributed by atoms with Gasteiger partial charge in [0.2, 0.25) is 5.91 Å². The van der Waals surface area contributed by atoms with E-state index in [1.165, 1.54) is 67.1 Å². The van der Waals surface area contributed by atoms with Crippen molar-refractivity contribution in [3.63, 3.8) is 0 Å². The second kappa shape index (κ2) is 9.13. The van der Waals surface area contributed by atoms with Crippen LogP contribution in [0.15, 0.2) is 24.3 Å². The number of unbranched alkanes of at least 4 members (excludes halogenated alkanes) is 3. The van der Waals surface area contributed by atoms with E-state index in [1.807, 2.05) is 0 Å². The van der Waals surface area contributed by atoms with Crippen LogP contribution in [0.3, 0.4) is 0 Å². The Kier molecular flexibility index (Phi) is 6.36. The summed E-state index contributed by atoms with van der Waals surface area (Å²) in [5.41, 5.74) is 3.86. The zero-order chi connectivity index (χ0) is 19.3. The average molecular weight is 382 g/mol. The van der Waals surface area contributed by atoms with Crippen LogP contribution >= 0.6 is 0 Å². The van der Waals surface area contributed by atoms with Crippen molar-refractivity contribution in [3.8, 4) is 0 Å². The predicted molar refractivity (Wildman–Crippen MR) is 115 cm³/mol. The van der Waals surface area contributed by atoms with Gasteiger partial charge in [0.05, 0.1) is 6.04 Å². The van der Waals surface area contributed by atoms with E-state index >= 15 is 0 Å². The van der Waals surface area contributed by atoms with E-state index in [0.29, 0.717) is 6.04 Å². The Bertz CT molecular complexity index is 790. The summed E-state index contributed by atoms with van der Waals surface area (Å²) in [4.78, 5) is 19.3. The number of hydrogen-bond donors (Lipinski definition) is 2. The molecule has 1 fully saturated rings. The van der Waals surface area contributed by atoms with Crippen molar-refractivity contribution in [3.05, 3.63) is 35.5 Å². The average Bonchev–Trinajstić information content (AvgIpc) is 3.09. The summed E-state index contributed by atoms with van der Waals surface area (Å²) in [6, 6.07) is 8.88. The third-order valence-electron chi connectivity index (χ3n) is 6.65. The maximum atomic E-state index is 13.3. The molecule has 1 aliphatic heterocycles. The van der Waals surface area contributed by atoms with Gasteiger partial charge in [-0.05, 0) is 43.9 Å². The molecule has 2 aromatic rings. The maximum absolute atomic E-state index is 13.3. The highest BCUT2D eigenvalue weighted by Gasteiger charge is 2.34. The number of carbonyl (C=O) groups is 1. The second-order valence-corrected chi connectivity index (χ2v) is 8.72. The summed E-state index contributed by atoms with van der Waals surface area (Å²) < 4.78 is 0. The standard InChI is InChI=1S/C24H35N3O/c1-2-3-4-10-15-27-17-22-20(19-13-8-9-14-21(19)26-22)16-23(27)24(28)25-18-11-6-5-7-12-18/h8-9,13-14,18,23,26H,2-7,10-12,15-17H2,1H3,(H,25,28)/t23-/m1/s1. The molecule has 1 aliphatic carbocycles. The summed E-state index contributed by atoms with van der Waals surface area (Å²) in [6.45, 7) is 4.12. The first-order chi connectivity index (χ1) is 13.8. The number of carbonyl (C=O) groups excluding carboxylic acids is 1. The summed E-state index contributed by atoms with van der Waals surface area (Å²) in [6.07, 6.45) is 11.9. The number of aromatic nitrogens is 1. The normalized spacial score (nSPS) is 21.0. The first-order valence-corrected chi connectivity index (χ1v) is 11.4. The number of hydrogen-bond acceptors (Lipinski definition) is 2. The fourth-order valence-electron chi connectivity index (χ4n) is 5.04. The topological polar surface area (TPSA) is 48.1 Å². The van der Waals surface area contributed by atoms with Crippen LogP contribution in [0.2, 0.25) is 0 Å². The van der Waals surface area contributed by atoms with Crippen LogP contribution in [0.1, 0.15) is 76.0 Å². The van der Waals surface area contributed by atoms with Crippen molar-refractivity contribution in [2.24, 2.45) is 0 Å². The predicted octanol–water partition coefficient (Wildman–Crippen LogP) is 4.92. The molecule has 0 radical (unpaired) electrons. The van der Waals surface area contributed by atoms with Gasteiger partial charge in [-0.3, -0.25) is 9.69 Å². The largest absolute Gasteiger partial charge is 0.357 e. The number of rotatable bonds is 7. The smallest absolute Gasteiger partial charge is 0.237 e. The van der Waals surface area contributed by atoms with Gasteiger partial charge in [0.25, 0.3) is 0 Å². The molecule has 1 aromatic carbocycles. The molecular weight excluding hydrogens is 346 g/mol. The number of benzene rings is 1. The van der Waals surface area contributed by atoms with Gasteiger partial charge in [0.1, 0.15) is 0 Å². The van der Waals surface area contributed by atoms with E-state index in [9.17, 15) is 4.79 Å². The Morgan fingerprint density at radius 1 is 1.14 bits per heavy atom. The fraction of sp³-hybridized carbons (Fsp3) is 0.625. The van der Waals surface area contributed by atoms with Crippen molar-refractivity contribution in [1.82, 2.24) is 15.2 Å². The molecule has 1 aromatic heterocycles. The van der Waals surface area contributed by atoms with Crippen molar-refractivity contribution in [2.75, 3.05) is 6.54 Å². The number of amides is 1. The molecule has 2 aliphatic rings. The number of fused-ring (bicyclic) bond motifs is 3. The Labute approximate surface area is 169 Å². The summed E-state index contributed by atoms with van der Waals surface area (Å²) in [5.74, 6) is 0.248. The fourth-order valence-corrected chi connectivity index (χ4v) is 5.04. The summed E-state index contributed by atoms with van der Waals surface area (Å²) in [5, 5.41) is 4.69. The molecule has 4 rings (SSSR count). The van der Waals surface area contributed by atoms with E-state index < -0.39 is 0 Å². The lowest BCUT2D eigenvalue weighted by molar-refractivity contribution is -0.128. The maximum Gasteiger partial charge on any atom is 0.237 e. The monoisotopic (exact) mass is 381 g/mol. The lowest BCUT2D eigenvalue weighted by Gasteiger charge is -2.36. The van der Waals surface area contributed by atoms with Gasteiger partial charge in [0.15, 0.2) is 0 Å². The van der Waals surface area contributed by atoms with Crippen LogP contribution in [0.4, 0.5) is 0 Å². The first-order valence-electron chi connectivity index (χ1n) is 11.4. The van der Waals surface area contributed by atoms with Gasteiger partial charge in [-0.2, -0.15) is 0 Å². The molecule has 0 saturated heterocycles. The lowest BCUT2D eigenvalue weighted by Crippen LogP contribution is -2.52. The number of nitrogens with one attached hydrogen (secondary N) is 2. The summed E-state index contributed by atoms with van der Waals surface area (Å²) >= 11 is 0. The Morgan fingerprint density at radius 2 is 1.96 bits per heavy atom. The highest BCUT2D eigenvalue weighted by molar-refractivity contribution is 5.88. The van der Waals surface area contributed by atoms with E-state index in [2.05, 4.69) is 46.4 Å². The van der Waals surface area contributed by atoms with E-state index in [1.54, 1.807) is 0 Å². The summed E-state index contributed by atoms with van der Waals surface area (Å²) in [7, 11) is 0. The molecular formula is C24H35N3O. The van der Waals surface area contributed by atoms with Gasteiger partial charge in [0, 0.05) is 29.2 Å². The van der Waals surface area contributed by atoms with Gasteiger partial charge in [-0.25, -0.2) is 0 Å². The van der Waals surface area contributed by atoms with Gasteiger partial charge in [-0.15, -0.1) is 0 Å².